The molecule has 0 aromatic heterocycles. The summed E-state index contributed by atoms with van der Waals surface area (Å²) in [7, 11) is 0. The minimum absolute atomic E-state index is 0.164. The number of halogens is 2. The Labute approximate surface area is 114 Å². The number of amides is 1. The summed E-state index contributed by atoms with van der Waals surface area (Å²) >= 11 is 9.30. The van der Waals surface area contributed by atoms with Crippen molar-refractivity contribution < 1.29 is 4.79 Å². The van der Waals surface area contributed by atoms with Crippen LogP contribution in [-0.4, -0.2) is 11.4 Å². The summed E-state index contributed by atoms with van der Waals surface area (Å²) in [6, 6.07) is 5.33. The Kier molecular flexibility index (Phi) is 3.48. The second-order valence-corrected chi connectivity index (χ2v) is 5.81. The molecule has 1 saturated carbocycles. The van der Waals surface area contributed by atoms with Crippen LogP contribution in [0.2, 0.25) is 5.02 Å². The SMILES string of the molecule is CC(N)(C(=O)Nc1cccc(Cl)c1Br)C1CC1. The molecule has 0 aliphatic heterocycles. The van der Waals surface area contributed by atoms with Gasteiger partial charge in [-0.1, -0.05) is 17.7 Å². The maximum absolute atomic E-state index is 12.1. The second kappa shape index (κ2) is 4.59. The van der Waals surface area contributed by atoms with Gasteiger partial charge in [0, 0.05) is 0 Å². The Hall–Kier alpha value is -0.580. The van der Waals surface area contributed by atoms with Crippen molar-refractivity contribution in [2.24, 2.45) is 11.7 Å². The zero-order chi connectivity index (χ0) is 12.6. The van der Waals surface area contributed by atoms with Gasteiger partial charge >= 0.3 is 0 Å². The molecule has 1 fully saturated rings. The first-order chi connectivity index (χ1) is 7.93. The van der Waals surface area contributed by atoms with Gasteiger partial charge < -0.3 is 11.1 Å². The molecule has 3 N–H and O–H groups in total. The van der Waals surface area contributed by atoms with Gasteiger partial charge in [-0.3, -0.25) is 4.79 Å². The number of nitrogens with two attached hydrogens (primary N) is 1. The molecule has 1 aromatic carbocycles. The molecule has 17 heavy (non-hydrogen) atoms. The fourth-order valence-electron chi connectivity index (χ4n) is 1.73. The van der Waals surface area contributed by atoms with E-state index in [9.17, 15) is 4.79 Å². The summed E-state index contributed by atoms with van der Waals surface area (Å²) in [4.78, 5) is 12.1. The zero-order valence-corrected chi connectivity index (χ0v) is 11.8. The third-order valence-electron chi connectivity index (χ3n) is 3.11. The number of rotatable bonds is 3. The van der Waals surface area contributed by atoms with E-state index in [-0.39, 0.29) is 5.91 Å². The van der Waals surface area contributed by atoms with E-state index >= 15 is 0 Å². The van der Waals surface area contributed by atoms with E-state index in [1.165, 1.54) is 0 Å². The quantitative estimate of drug-likeness (QED) is 0.899. The Bertz CT molecular complexity index is 458. The van der Waals surface area contributed by atoms with E-state index in [0.717, 1.165) is 12.8 Å². The van der Waals surface area contributed by atoms with Gasteiger partial charge in [0.1, 0.15) is 0 Å². The highest BCUT2D eigenvalue weighted by Crippen LogP contribution is 2.39. The van der Waals surface area contributed by atoms with Crippen LogP contribution in [0.1, 0.15) is 19.8 Å². The zero-order valence-electron chi connectivity index (χ0n) is 9.47. The lowest BCUT2D eigenvalue weighted by atomic mass is 9.96. The summed E-state index contributed by atoms with van der Waals surface area (Å²) in [5.41, 5.74) is 5.89. The Morgan fingerprint density at radius 3 is 2.82 bits per heavy atom. The minimum Gasteiger partial charge on any atom is -0.323 e. The number of carbonyl (C=O) groups excluding carboxylic acids is 1. The monoisotopic (exact) mass is 316 g/mol. The molecule has 5 heteroatoms. The molecule has 1 atom stereocenters. The van der Waals surface area contributed by atoms with Gasteiger partial charge in [-0.05, 0) is 53.7 Å². The molecule has 1 aromatic rings. The van der Waals surface area contributed by atoms with Crippen LogP contribution in [-0.2, 0) is 4.79 Å². The van der Waals surface area contributed by atoms with Crippen LogP contribution in [0.15, 0.2) is 22.7 Å². The number of carbonyl (C=O) groups is 1. The van der Waals surface area contributed by atoms with E-state index < -0.39 is 5.54 Å². The third-order valence-corrected chi connectivity index (χ3v) is 4.51. The van der Waals surface area contributed by atoms with Crippen LogP contribution in [0, 0.1) is 5.92 Å². The van der Waals surface area contributed by atoms with Gasteiger partial charge in [0.2, 0.25) is 5.91 Å². The molecule has 1 aliphatic rings. The standard InChI is InChI=1S/C12H14BrClN2O/c1-12(15,7-5-6-7)11(17)16-9-4-2-3-8(14)10(9)13/h2-4,7H,5-6,15H2,1H3,(H,16,17). The van der Waals surface area contributed by atoms with Crippen molar-refractivity contribution in [1.29, 1.82) is 0 Å². The van der Waals surface area contributed by atoms with E-state index in [0.29, 0.717) is 21.1 Å². The van der Waals surface area contributed by atoms with Crippen molar-refractivity contribution in [1.82, 2.24) is 0 Å². The summed E-state index contributed by atoms with van der Waals surface area (Å²) in [6.07, 6.45) is 2.05. The highest BCUT2D eigenvalue weighted by Gasteiger charge is 2.44. The molecular weight excluding hydrogens is 304 g/mol. The summed E-state index contributed by atoms with van der Waals surface area (Å²) in [5, 5.41) is 3.38. The lowest BCUT2D eigenvalue weighted by molar-refractivity contribution is -0.121. The largest absolute Gasteiger partial charge is 0.323 e. The molecule has 0 saturated heterocycles. The third kappa shape index (κ3) is 2.64. The predicted molar refractivity (Wildman–Crippen MR) is 73.1 cm³/mol. The van der Waals surface area contributed by atoms with E-state index in [1.807, 2.05) is 0 Å². The molecule has 1 amide bonds. The number of anilines is 1. The van der Waals surface area contributed by atoms with Crippen LogP contribution in [0.25, 0.3) is 0 Å². The first kappa shape index (κ1) is 12.9. The van der Waals surface area contributed by atoms with Crippen molar-refractivity contribution >= 4 is 39.1 Å². The van der Waals surface area contributed by atoms with Gasteiger partial charge in [0.15, 0.2) is 0 Å². The van der Waals surface area contributed by atoms with Crippen LogP contribution in [0.3, 0.4) is 0 Å². The average molecular weight is 318 g/mol. The fraction of sp³-hybridized carbons (Fsp3) is 0.417. The smallest absolute Gasteiger partial charge is 0.244 e. The van der Waals surface area contributed by atoms with Crippen LogP contribution < -0.4 is 11.1 Å². The Morgan fingerprint density at radius 1 is 1.59 bits per heavy atom. The van der Waals surface area contributed by atoms with E-state index in [4.69, 9.17) is 17.3 Å². The topological polar surface area (TPSA) is 55.1 Å². The van der Waals surface area contributed by atoms with Gasteiger partial charge in [0.05, 0.1) is 20.7 Å². The molecule has 1 aliphatic carbocycles. The fourth-order valence-corrected chi connectivity index (χ4v) is 2.26. The van der Waals surface area contributed by atoms with Gasteiger partial charge in [0.25, 0.3) is 0 Å². The maximum atomic E-state index is 12.1. The van der Waals surface area contributed by atoms with Crippen LogP contribution in [0.5, 0.6) is 0 Å². The average Bonchev–Trinajstić information content (AvgIpc) is 3.08. The first-order valence-corrected chi connectivity index (χ1v) is 6.64. The number of benzene rings is 1. The molecule has 3 nitrogen and oxygen atoms in total. The predicted octanol–water partition coefficient (Wildman–Crippen LogP) is 3.17. The Morgan fingerprint density at radius 2 is 2.24 bits per heavy atom. The van der Waals surface area contributed by atoms with Crippen molar-refractivity contribution in [3.63, 3.8) is 0 Å². The molecule has 0 spiro atoms. The first-order valence-electron chi connectivity index (χ1n) is 5.47. The van der Waals surface area contributed by atoms with E-state index in [2.05, 4.69) is 21.2 Å². The van der Waals surface area contributed by atoms with Gasteiger partial charge in [-0.25, -0.2) is 0 Å². The van der Waals surface area contributed by atoms with Crippen molar-refractivity contribution in [2.45, 2.75) is 25.3 Å². The van der Waals surface area contributed by atoms with Crippen molar-refractivity contribution in [2.75, 3.05) is 5.32 Å². The maximum Gasteiger partial charge on any atom is 0.244 e. The van der Waals surface area contributed by atoms with Crippen LogP contribution >= 0.6 is 27.5 Å². The lowest BCUT2D eigenvalue weighted by Crippen LogP contribution is -2.50. The normalized spacial score (nSPS) is 18.6. The molecule has 92 valence electrons. The Balaban J connectivity index is 2.15. The van der Waals surface area contributed by atoms with Crippen molar-refractivity contribution in [3.05, 3.63) is 27.7 Å². The molecule has 0 bridgehead atoms. The van der Waals surface area contributed by atoms with Crippen LogP contribution in [0.4, 0.5) is 5.69 Å². The molecule has 2 rings (SSSR count). The van der Waals surface area contributed by atoms with E-state index in [1.54, 1.807) is 25.1 Å². The number of nitrogens with one attached hydrogen (secondary N) is 1. The lowest BCUT2D eigenvalue weighted by Gasteiger charge is -2.23. The van der Waals surface area contributed by atoms with Crippen molar-refractivity contribution in [3.8, 4) is 0 Å². The van der Waals surface area contributed by atoms with Gasteiger partial charge in [-0.2, -0.15) is 0 Å². The number of hydrogen-bond acceptors (Lipinski definition) is 2. The highest BCUT2D eigenvalue weighted by molar-refractivity contribution is 9.10. The highest BCUT2D eigenvalue weighted by atomic mass is 79.9. The molecule has 0 heterocycles. The summed E-state index contributed by atoms with van der Waals surface area (Å²) in [6.45, 7) is 1.78. The second-order valence-electron chi connectivity index (χ2n) is 4.61. The minimum atomic E-state index is -0.804. The summed E-state index contributed by atoms with van der Waals surface area (Å²) in [5.74, 6) is 0.128. The molecular formula is C12H14BrClN2O. The van der Waals surface area contributed by atoms with Gasteiger partial charge in [-0.15, -0.1) is 0 Å². The molecule has 0 radical (unpaired) electrons. The number of hydrogen-bond donors (Lipinski definition) is 2. The molecule has 1 unspecified atom stereocenters. The summed E-state index contributed by atoms with van der Waals surface area (Å²) < 4.78 is 0.682.